The van der Waals surface area contributed by atoms with Gasteiger partial charge >= 0.3 is 0 Å². The molecule has 0 saturated heterocycles. The van der Waals surface area contributed by atoms with Crippen LogP contribution in [0.25, 0.3) is 0 Å². The summed E-state index contributed by atoms with van der Waals surface area (Å²) in [5.74, 6) is 0. The lowest BCUT2D eigenvalue weighted by Gasteiger charge is -2.06. The van der Waals surface area contributed by atoms with Crippen molar-refractivity contribution >= 4 is 0 Å². The van der Waals surface area contributed by atoms with Crippen LogP contribution in [0.2, 0.25) is 0 Å². The predicted molar refractivity (Wildman–Crippen MR) is 64.0 cm³/mol. The van der Waals surface area contributed by atoms with E-state index in [-0.39, 0.29) is 0 Å². The molecule has 0 fully saturated rings. The summed E-state index contributed by atoms with van der Waals surface area (Å²) < 4.78 is 4.98. The summed E-state index contributed by atoms with van der Waals surface area (Å²) in [6, 6.07) is 8.78. The lowest BCUT2D eigenvalue weighted by Crippen LogP contribution is -2.18. The maximum absolute atomic E-state index is 4.98. The van der Waals surface area contributed by atoms with Gasteiger partial charge in [-0.2, -0.15) is 0 Å². The Labute approximate surface area is 92.6 Å². The Morgan fingerprint density at radius 1 is 1.27 bits per heavy atom. The molecule has 0 unspecified atom stereocenters. The van der Waals surface area contributed by atoms with Crippen LogP contribution in [0.4, 0.5) is 0 Å². The average Bonchev–Trinajstić information content (AvgIpc) is 2.26. The van der Waals surface area contributed by atoms with Crippen molar-refractivity contribution in [3.8, 4) is 0 Å². The first kappa shape index (κ1) is 12.2. The van der Waals surface area contributed by atoms with Crippen LogP contribution in [-0.4, -0.2) is 20.3 Å². The number of rotatable bonds is 7. The van der Waals surface area contributed by atoms with Crippen LogP contribution in [0.3, 0.4) is 0 Å². The Balaban J connectivity index is 2.36. The summed E-state index contributed by atoms with van der Waals surface area (Å²) in [7, 11) is 1.73. The summed E-state index contributed by atoms with van der Waals surface area (Å²) in [4.78, 5) is 0. The number of methoxy groups -OCH3 is 1. The lowest BCUT2D eigenvalue weighted by molar-refractivity contribution is 0.199. The second-order valence-electron chi connectivity index (χ2n) is 3.74. The van der Waals surface area contributed by atoms with Gasteiger partial charge < -0.3 is 10.1 Å². The number of benzene rings is 1. The van der Waals surface area contributed by atoms with Crippen LogP contribution >= 0.6 is 0 Å². The quantitative estimate of drug-likeness (QED) is 0.693. The molecule has 2 heteroatoms. The third-order valence-corrected chi connectivity index (χ3v) is 2.34. The molecule has 0 bridgehead atoms. The number of hydrogen-bond acceptors (Lipinski definition) is 2. The number of aryl methyl sites for hydroxylation is 1. The third kappa shape index (κ3) is 4.96. The monoisotopic (exact) mass is 207 g/mol. The minimum Gasteiger partial charge on any atom is -0.383 e. The number of hydrogen-bond donors (Lipinski definition) is 1. The standard InChI is InChI=1S/C13H21NO/c1-3-5-12-6-4-7-13(10-12)11-14-8-9-15-2/h4,6-7,10,14H,3,5,8-9,11H2,1-2H3. The van der Waals surface area contributed by atoms with E-state index in [1.807, 2.05) is 0 Å². The van der Waals surface area contributed by atoms with Gasteiger partial charge in [-0.25, -0.2) is 0 Å². The van der Waals surface area contributed by atoms with Crippen molar-refractivity contribution in [1.82, 2.24) is 5.32 Å². The van der Waals surface area contributed by atoms with E-state index >= 15 is 0 Å². The van der Waals surface area contributed by atoms with E-state index in [1.54, 1.807) is 7.11 Å². The average molecular weight is 207 g/mol. The first-order chi connectivity index (χ1) is 7.36. The van der Waals surface area contributed by atoms with Crippen LogP contribution in [-0.2, 0) is 17.7 Å². The van der Waals surface area contributed by atoms with Crippen LogP contribution in [0.5, 0.6) is 0 Å². The Hall–Kier alpha value is -0.860. The van der Waals surface area contributed by atoms with Crippen molar-refractivity contribution in [2.75, 3.05) is 20.3 Å². The van der Waals surface area contributed by atoms with Crippen LogP contribution < -0.4 is 5.32 Å². The fourth-order valence-corrected chi connectivity index (χ4v) is 1.59. The summed E-state index contributed by atoms with van der Waals surface area (Å²) >= 11 is 0. The van der Waals surface area contributed by atoms with Crippen LogP contribution in [0.1, 0.15) is 24.5 Å². The smallest absolute Gasteiger partial charge is 0.0587 e. The summed E-state index contributed by atoms with van der Waals surface area (Å²) in [5, 5.41) is 3.35. The zero-order valence-electron chi connectivity index (χ0n) is 9.75. The zero-order valence-corrected chi connectivity index (χ0v) is 9.75. The second-order valence-corrected chi connectivity index (χ2v) is 3.74. The van der Waals surface area contributed by atoms with Crippen molar-refractivity contribution < 1.29 is 4.74 Å². The van der Waals surface area contributed by atoms with E-state index in [4.69, 9.17) is 4.74 Å². The molecule has 1 rings (SSSR count). The molecule has 0 aliphatic carbocycles. The molecule has 1 aromatic rings. The van der Waals surface area contributed by atoms with E-state index in [9.17, 15) is 0 Å². The van der Waals surface area contributed by atoms with E-state index in [0.29, 0.717) is 0 Å². The van der Waals surface area contributed by atoms with E-state index < -0.39 is 0 Å². The highest BCUT2D eigenvalue weighted by Gasteiger charge is 1.95. The summed E-state index contributed by atoms with van der Waals surface area (Å²) in [5.41, 5.74) is 2.79. The minimum atomic E-state index is 0.772. The molecule has 0 saturated carbocycles. The molecule has 0 radical (unpaired) electrons. The molecule has 0 aromatic heterocycles. The Kier molecular flexibility index (Phi) is 6.05. The van der Waals surface area contributed by atoms with Gasteiger partial charge in [0.05, 0.1) is 6.61 Å². The molecule has 0 atom stereocenters. The Bertz CT molecular complexity index is 273. The largest absolute Gasteiger partial charge is 0.383 e. The van der Waals surface area contributed by atoms with Gasteiger partial charge in [0.2, 0.25) is 0 Å². The first-order valence-corrected chi connectivity index (χ1v) is 5.64. The molecule has 84 valence electrons. The number of nitrogens with one attached hydrogen (secondary N) is 1. The van der Waals surface area contributed by atoms with Crippen molar-refractivity contribution in [3.05, 3.63) is 35.4 Å². The molecule has 0 spiro atoms. The van der Waals surface area contributed by atoms with Crippen molar-refractivity contribution in [3.63, 3.8) is 0 Å². The van der Waals surface area contributed by atoms with Gasteiger partial charge in [0.25, 0.3) is 0 Å². The summed E-state index contributed by atoms with van der Waals surface area (Å²) in [6.07, 6.45) is 2.38. The highest BCUT2D eigenvalue weighted by atomic mass is 16.5. The molecule has 1 N–H and O–H groups in total. The molecule has 0 aliphatic rings. The summed E-state index contributed by atoms with van der Waals surface area (Å²) in [6.45, 7) is 4.83. The van der Waals surface area contributed by atoms with E-state index in [2.05, 4.69) is 36.5 Å². The van der Waals surface area contributed by atoms with Gasteiger partial charge in [0.15, 0.2) is 0 Å². The molecule has 0 heterocycles. The fourth-order valence-electron chi connectivity index (χ4n) is 1.59. The van der Waals surface area contributed by atoms with Gasteiger partial charge in [-0.1, -0.05) is 37.6 Å². The highest BCUT2D eigenvalue weighted by molar-refractivity contribution is 5.23. The second kappa shape index (κ2) is 7.43. The topological polar surface area (TPSA) is 21.3 Å². The predicted octanol–water partition coefficient (Wildman–Crippen LogP) is 2.38. The molecule has 0 amide bonds. The molecule has 2 nitrogen and oxygen atoms in total. The lowest BCUT2D eigenvalue weighted by atomic mass is 10.1. The van der Waals surface area contributed by atoms with Crippen molar-refractivity contribution in [2.24, 2.45) is 0 Å². The normalized spacial score (nSPS) is 10.5. The highest BCUT2D eigenvalue weighted by Crippen LogP contribution is 2.07. The molecule has 1 aromatic carbocycles. The Morgan fingerprint density at radius 2 is 2.07 bits per heavy atom. The SMILES string of the molecule is CCCc1cccc(CNCCOC)c1. The molecular weight excluding hydrogens is 186 g/mol. The van der Waals surface area contributed by atoms with Gasteiger partial charge in [0, 0.05) is 20.2 Å². The minimum absolute atomic E-state index is 0.772. The van der Waals surface area contributed by atoms with Gasteiger partial charge in [0.1, 0.15) is 0 Å². The maximum Gasteiger partial charge on any atom is 0.0587 e. The van der Waals surface area contributed by atoms with Crippen molar-refractivity contribution in [2.45, 2.75) is 26.3 Å². The van der Waals surface area contributed by atoms with Crippen LogP contribution in [0, 0.1) is 0 Å². The zero-order chi connectivity index (χ0) is 10.9. The fraction of sp³-hybridized carbons (Fsp3) is 0.538. The maximum atomic E-state index is 4.98. The molecule has 15 heavy (non-hydrogen) atoms. The first-order valence-electron chi connectivity index (χ1n) is 5.64. The molecule has 0 aliphatic heterocycles. The van der Waals surface area contributed by atoms with Gasteiger partial charge in [-0.3, -0.25) is 0 Å². The molecular formula is C13H21NO. The number of ether oxygens (including phenoxy) is 1. The van der Waals surface area contributed by atoms with Crippen LogP contribution in [0.15, 0.2) is 24.3 Å². The third-order valence-electron chi connectivity index (χ3n) is 2.34. The van der Waals surface area contributed by atoms with Gasteiger partial charge in [-0.15, -0.1) is 0 Å². The van der Waals surface area contributed by atoms with Gasteiger partial charge in [-0.05, 0) is 17.5 Å². The Morgan fingerprint density at radius 3 is 2.80 bits per heavy atom. The van der Waals surface area contributed by atoms with E-state index in [1.165, 1.54) is 24.0 Å². The van der Waals surface area contributed by atoms with E-state index in [0.717, 1.165) is 19.7 Å². The van der Waals surface area contributed by atoms with Crippen molar-refractivity contribution in [1.29, 1.82) is 0 Å².